The fourth-order valence-corrected chi connectivity index (χ4v) is 3.38. The summed E-state index contributed by atoms with van der Waals surface area (Å²) in [6, 6.07) is 14.3. The van der Waals surface area contributed by atoms with Crippen molar-refractivity contribution in [3.8, 4) is 0 Å². The molecule has 2 aromatic carbocycles. The SMILES string of the molecule is COC(=O)C1CCC(NC(=O)c2ccccc2)CN1c1ccc([N+](=O)[O-])cc1.Cl. The van der Waals surface area contributed by atoms with Crippen LogP contribution in [0, 0.1) is 10.1 Å². The Morgan fingerprint density at radius 1 is 1.10 bits per heavy atom. The van der Waals surface area contributed by atoms with Crippen LogP contribution in [0.2, 0.25) is 0 Å². The molecule has 1 amide bonds. The minimum atomic E-state index is -0.503. The van der Waals surface area contributed by atoms with E-state index in [0.717, 1.165) is 0 Å². The number of ether oxygens (including phenoxy) is 1. The van der Waals surface area contributed by atoms with Crippen molar-refractivity contribution < 1.29 is 19.2 Å². The molecular formula is C20H22ClN3O5. The molecule has 1 saturated heterocycles. The normalized spacial score (nSPS) is 18.3. The van der Waals surface area contributed by atoms with Gasteiger partial charge in [-0.15, -0.1) is 12.4 Å². The van der Waals surface area contributed by atoms with Gasteiger partial charge in [0.15, 0.2) is 0 Å². The van der Waals surface area contributed by atoms with Gasteiger partial charge in [0, 0.05) is 36.0 Å². The van der Waals surface area contributed by atoms with E-state index in [1.54, 1.807) is 36.4 Å². The number of non-ortho nitro benzene ring substituents is 1. The van der Waals surface area contributed by atoms with E-state index in [4.69, 9.17) is 4.74 Å². The van der Waals surface area contributed by atoms with Gasteiger partial charge in [-0.25, -0.2) is 4.79 Å². The molecule has 2 atom stereocenters. The summed E-state index contributed by atoms with van der Waals surface area (Å²) in [5.74, 6) is -0.544. The predicted molar refractivity (Wildman–Crippen MR) is 110 cm³/mol. The molecule has 3 rings (SSSR count). The van der Waals surface area contributed by atoms with Gasteiger partial charge in [0.2, 0.25) is 0 Å². The summed E-state index contributed by atoms with van der Waals surface area (Å²) in [5, 5.41) is 13.9. The molecular weight excluding hydrogens is 398 g/mol. The highest BCUT2D eigenvalue weighted by Crippen LogP contribution is 2.27. The molecule has 0 radical (unpaired) electrons. The summed E-state index contributed by atoms with van der Waals surface area (Å²) >= 11 is 0. The second-order valence-corrected chi connectivity index (χ2v) is 6.58. The monoisotopic (exact) mass is 419 g/mol. The number of carbonyl (C=O) groups is 2. The van der Waals surface area contributed by atoms with Crippen LogP contribution in [0.1, 0.15) is 23.2 Å². The molecule has 8 nitrogen and oxygen atoms in total. The quantitative estimate of drug-likeness (QED) is 0.454. The fraction of sp³-hybridized carbons (Fsp3) is 0.300. The third-order valence-corrected chi connectivity index (χ3v) is 4.82. The van der Waals surface area contributed by atoms with Gasteiger partial charge in [-0.2, -0.15) is 0 Å². The first-order valence-corrected chi connectivity index (χ1v) is 8.94. The van der Waals surface area contributed by atoms with Crippen LogP contribution >= 0.6 is 12.4 Å². The van der Waals surface area contributed by atoms with Crippen molar-refractivity contribution in [3.05, 3.63) is 70.3 Å². The standard InChI is InChI=1S/C20H21N3O5.ClH/c1-28-20(25)18-12-7-15(21-19(24)14-5-3-2-4-6-14)13-22(18)16-8-10-17(11-9-16)23(26)27;/h2-6,8-11,15,18H,7,12-13H2,1H3,(H,21,24);1H. The summed E-state index contributed by atoms with van der Waals surface area (Å²) in [6.07, 6.45) is 1.13. The van der Waals surface area contributed by atoms with Gasteiger partial charge < -0.3 is 15.0 Å². The van der Waals surface area contributed by atoms with Crippen LogP contribution in [0.25, 0.3) is 0 Å². The number of piperidine rings is 1. The molecule has 29 heavy (non-hydrogen) atoms. The van der Waals surface area contributed by atoms with Crippen molar-refractivity contribution in [3.63, 3.8) is 0 Å². The Bertz CT molecular complexity index is 860. The number of nitro groups is 1. The number of hydrogen-bond acceptors (Lipinski definition) is 6. The number of nitrogens with zero attached hydrogens (tertiary/aromatic N) is 2. The molecule has 0 aromatic heterocycles. The van der Waals surface area contributed by atoms with E-state index >= 15 is 0 Å². The summed E-state index contributed by atoms with van der Waals surface area (Å²) < 4.78 is 4.91. The summed E-state index contributed by atoms with van der Waals surface area (Å²) in [5.41, 5.74) is 1.21. The first kappa shape index (κ1) is 22.2. The number of methoxy groups -OCH3 is 1. The maximum Gasteiger partial charge on any atom is 0.328 e. The molecule has 1 fully saturated rings. The zero-order chi connectivity index (χ0) is 20.1. The zero-order valence-corrected chi connectivity index (χ0v) is 16.6. The van der Waals surface area contributed by atoms with Gasteiger partial charge in [-0.05, 0) is 37.1 Å². The average molecular weight is 420 g/mol. The van der Waals surface area contributed by atoms with Crippen LogP contribution in [0.4, 0.5) is 11.4 Å². The highest BCUT2D eigenvalue weighted by Gasteiger charge is 2.34. The predicted octanol–water partition coefficient (Wildman–Crippen LogP) is 2.96. The Balaban J connectivity index is 0.00000300. The van der Waals surface area contributed by atoms with Crippen molar-refractivity contribution in [1.29, 1.82) is 0 Å². The summed E-state index contributed by atoms with van der Waals surface area (Å²) in [6.45, 7) is 0.399. The lowest BCUT2D eigenvalue weighted by atomic mass is 9.96. The van der Waals surface area contributed by atoms with E-state index in [9.17, 15) is 19.7 Å². The second-order valence-electron chi connectivity index (χ2n) is 6.58. The number of esters is 1. The number of nitrogens with one attached hydrogen (secondary N) is 1. The molecule has 0 aliphatic carbocycles. The number of rotatable bonds is 5. The van der Waals surface area contributed by atoms with Crippen LogP contribution in [-0.2, 0) is 9.53 Å². The second kappa shape index (κ2) is 9.88. The van der Waals surface area contributed by atoms with E-state index in [1.807, 2.05) is 11.0 Å². The highest BCUT2D eigenvalue weighted by molar-refractivity contribution is 5.94. The summed E-state index contributed by atoms with van der Waals surface area (Å²) in [4.78, 5) is 36.9. The number of halogens is 1. The Kier molecular flexibility index (Phi) is 7.55. The fourth-order valence-electron chi connectivity index (χ4n) is 3.38. The van der Waals surface area contributed by atoms with Crippen molar-refractivity contribution >= 4 is 35.7 Å². The molecule has 1 aliphatic heterocycles. The molecule has 1 aliphatic rings. The largest absolute Gasteiger partial charge is 0.467 e. The summed E-state index contributed by atoms with van der Waals surface area (Å²) in [7, 11) is 1.33. The topological polar surface area (TPSA) is 102 Å². The van der Waals surface area contributed by atoms with Crippen molar-refractivity contribution in [2.75, 3.05) is 18.6 Å². The van der Waals surface area contributed by atoms with Crippen LogP contribution in [-0.4, -0.2) is 42.5 Å². The van der Waals surface area contributed by atoms with Crippen LogP contribution < -0.4 is 10.2 Å². The maximum absolute atomic E-state index is 12.5. The van der Waals surface area contributed by atoms with Gasteiger partial charge in [0.05, 0.1) is 12.0 Å². The molecule has 1 heterocycles. The van der Waals surface area contributed by atoms with E-state index in [-0.39, 0.29) is 36.0 Å². The molecule has 9 heteroatoms. The van der Waals surface area contributed by atoms with E-state index in [2.05, 4.69) is 5.32 Å². The smallest absolute Gasteiger partial charge is 0.328 e. The molecule has 154 valence electrons. The first-order valence-electron chi connectivity index (χ1n) is 8.94. The zero-order valence-electron chi connectivity index (χ0n) is 15.8. The number of amides is 1. The van der Waals surface area contributed by atoms with E-state index in [0.29, 0.717) is 30.6 Å². The van der Waals surface area contributed by atoms with Gasteiger partial charge in [-0.1, -0.05) is 18.2 Å². The minimum Gasteiger partial charge on any atom is -0.467 e. The Morgan fingerprint density at radius 2 is 1.76 bits per heavy atom. The van der Waals surface area contributed by atoms with Crippen molar-refractivity contribution in [2.45, 2.75) is 24.9 Å². The number of carbonyl (C=O) groups excluding carboxylic acids is 2. The average Bonchev–Trinajstić information content (AvgIpc) is 2.73. The molecule has 0 spiro atoms. The first-order chi connectivity index (χ1) is 13.5. The molecule has 2 unspecified atom stereocenters. The van der Waals surface area contributed by atoms with Crippen molar-refractivity contribution in [1.82, 2.24) is 5.32 Å². The van der Waals surface area contributed by atoms with Gasteiger partial charge in [0.25, 0.3) is 11.6 Å². The minimum absolute atomic E-state index is 0. The lowest BCUT2D eigenvalue weighted by Gasteiger charge is -2.39. The molecule has 2 aromatic rings. The van der Waals surface area contributed by atoms with Crippen LogP contribution in [0.5, 0.6) is 0 Å². The van der Waals surface area contributed by atoms with Crippen LogP contribution in [0.3, 0.4) is 0 Å². The third-order valence-electron chi connectivity index (χ3n) is 4.82. The van der Waals surface area contributed by atoms with Gasteiger partial charge in [-0.3, -0.25) is 14.9 Å². The van der Waals surface area contributed by atoms with Gasteiger partial charge in [0.1, 0.15) is 6.04 Å². The number of hydrogen-bond donors (Lipinski definition) is 1. The van der Waals surface area contributed by atoms with E-state index < -0.39 is 11.0 Å². The molecule has 0 bridgehead atoms. The maximum atomic E-state index is 12.5. The van der Waals surface area contributed by atoms with Gasteiger partial charge >= 0.3 is 5.97 Å². The highest BCUT2D eigenvalue weighted by atomic mass is 35.5. The number of nitro benzene ring substituents is 1. The number of anilines is 1. The lowest BCUT2D eigenvalue weighted by molar-refractivity contribution is -0.384. The lowest BCUT2D eigenvalue weighted by Crippen LogP contribution is -2.54. The van der Waals surface area contributed by atoms with E-state index in [1.165, 1.54) is 19.2 Å². The molecule has 0 saturated carbocycles. The van der Waals surface area contributed by atoms with Crippen LogP contribution in [0.15, 0.2) is 54.6 Å². The number of benzene rings is 2. The molecule has 1 N–H and O–H groups in total. The van der Waals surface area contributed by atoms with Crippen molar-refractivity contribution in [2.24, 2.45) is 0 Å². The Morgan fingerprint density at radius 3 is 2.34 bits per heavy atom. The Labute approximate surface area is 174 Å². The third kappa shape index (κ3) is 5.23. The Hall–Kier alpha value is -3.13.